The van der Waals surface area contributed by atoms with Gasteiger partial charge in [0.1, 0.15) is 0 Å². The summed E-state index contributed by atoms with van der Waals surface area (Å²) >= 11 is 3.44. The molecule has 0 bridgehead atoms. The van der Waals surface area contributed by atoms with Crippen LogP contribution in [0, 0.1) is 0 Å². The molecule has 1 aliphatic heterocycles. The number of halogens is 1. The second-order valence-electron chi connectivity index (χ2n) is 4.64. The van der Waals surface area contributed by atoms with Crippen LogP contribution in [0.15, 0.2) is 30.6 Å². The van der Waals surface area contributed by atoms with Gasteiger partial charge in [-0.1, -0.05) is 15.9 Å². The zero-order valence-corrected chi connectivity index (χ0v) is 12.4. The number of morpholine rings is 1. The second kappa shape index (κ2) is 5.85. The Kier molecular flexibility index (Phi) is 3.93. The lowest BCUT2D eigenvalue weighted by molar-refractivity contribution is 0.00525. The number of hydrogen-bond acceptors (Lipinski definition) is 4. The predicted octanol–water partition coefficient (Wildman–Crippen LogP) is 1.87. The van der Waals surface area contributed by atoms with Crippen LogP contribution in [0.1, 0.15) is 10.4 Å². The predicted molar refractivity (Wildman–Crippen MR) is 79.0 cm³/mol. The van der Waals surface area contributed by atoms with Crippen molar-refractivity contribution in [2.24, 2.45) is 0 Å². The van der Waals surface area contributed by atoms with E-state index < -0.39 is 0 Å². The fourth-order valence-electron chi connectivity index (χ4n) is 2.31. The zero-order valence-electron chi connectivity index (χ0n) is 10.8. The van der Waals surface area contributed by atoms with E-state index in [0.29, 0.717) is 30.7 Å². The molecule has 1 atom stereocenters. The van der Waals surface area contributed by atoms with Crippen molar-refractivity contribution in [1.29, 1.82) is 0 Å². The monoisotopic (exact) mass is 335 g/mol. The number of ether oxygens (including phenoxy) is 1. The lowest BCUT2D eigenvalue weighted by Gasteiger charge is -2.34. The third kappa shape index (κ3) is 2.53. The zero-order chi connectivity index (χ0) is 13.9. The highest BCUT2D eigenvalue weighted by Crippen LogP contribution is 2.17. The molecule has 6 heteroatoms. The molecule has 0 N–H and O–H groups in total. The number of carbonyl (C=O) groups is 1. The number of aromatic nitrogens is 2. The van der Waals surface area contributed by atoms with Gasteiger partial charge in [0.2, 0.25) is 0 Å². The van der Waals surface area contributed by atoms with E-state index in [4.69, 9.17) is 4.74 Å². The summed E-state index contributed by atoms with van der Waals surface area (Å²) in [5.41, 5.74) is 2.18. The number of amides is 1. The first-order chi connectivity index (χ1) is 9.79. The first-order valence-electron chi connectivity index (χ1n) is 6.45. The Morgan fingerprint density at radius 3 is 2.95 bits per heavy atom. The van der Waals surface area contributed by atoms with Crippen LogP contribution < -0.4 is 0 Å². The van der Waals surface area contributed by atoms with Crippen LogP contribution >= 0.6 is 15.9 Å². The van der Waals surface area contributed by atoms with Crippen molar-refractivity contribution in [3.05, 3.63) is 36.2 Å². The van der Waals surface area contributed by atoms with E-state index >= 15 is 0 Å². The topological polar surface area (TPSA) is 55.3 Å². The molecule has 2 heterocycles. The maximum Gasteiger partial charge on any atom is 0.254 e. The number of rotatable bonds is 2. The molecular formula is C14H14BrN3O2. The van der Waals surface area contributed by atoms with Gasteiger partial charge in [-0.15, -0.1) is 0 Å². The van der Waals surface area contributed by atoms with Crippen molar-refractivity contribution in [2.75, 3.05) is 25.1 Å². The normalized spacial score (nSPS) is 19.2. The smallest absolute Gasteiger partial charge is 0.254 e. The van der Waals surface area contributed by atoms with Crippen LogP contribution in [-0.2, 0) is 4.74 Å². The number of alkyl halides is 1. The summed E-state index contributed by atoms with van der Waals surface area (Å²) in [5.74, 6) is 0.0188. The molecule has 1 aromatic heterocycles. The lowest BCUT2D eigenvalue weighted by atomic mass is 10.1. The van der Waals surface area contributed by atoms with Crippen molar-refractivity contribution in [2.45, 2.75) is 6.04 Å². The number of nitrogens with zero attached hydrogens (tertiary/aromatic N) is 3. The molecule has 0 spiro atoms. The van der Waals surface area contributed by atoms with E-state index in [-0.39, 0.29) is 11.9 Å². The second-order valence-corrected chi connectivity index (χ2v) is 5.29. The minimum Gasteiger partial charge on any atom is -0.377 e. The van der Waals surface area contributed by atoms with Crippen molar-refractivity contribution < 1.29 is 9.53 Å². The third-order valence-corrected chi connectivity index (χ3v) is 4.13. The van der Waals surface area contributed by atoms with Crippen LogP contribution in [0.2, 0.25) is 0 Å². The number of carbonyl (C=O) groups excluding carboxylic acids is 1. The first kappa shape index (κ1) is 13.5. The Morgan fingerprint density at radius 1 is 1.35 bits per heavy atom. The minimum atomic E-state index is 0.0188. The highest BCUT2D eigenvalue weighted by Gasteiger charge is 2.27. The summed E-state index contributed by atoms with van der Waals surface area (Å²) in [6, 6.07) is 5.51. The van der Waals surface area contributed by atoms with Crippen LogP contribution in [0.5, 0.6) is 0 Å². The van der Waals surface area contributed by atoms with Crippen LogP contribution in [0.4, 0.5) is 0 Å². The van der Waals surface area contributed by atoms with Crippen molar-refractivity contribution in [1.82, 2.24) is 14.9 Å². The van der Waals surface area contributed by atoms with Gasteiger partial charge in [-0.3, -0.25) is 14.8 Å². The van der Waals surface area contributed by atoms with E-state index in [0.717, 1.165) is 11.0 Å². The minimum absolute atomic E-state index is 0.0188. The summed E-state index contributed by atoms with van der Waals surface area (Å²) in [7, 11) is 0. The Bertz CT molecular complexity index is 635. The van der Waals surface area contributed by atoms with Gasteiger partial charge in [0.25, 0.3) is 5.91 Å². The molecule has 1 unspecified atom stereocenters. The summed E-state index contributed by atoms with van der Waals surface area (Å²) in [5, 5.41) is 0.714. The van der Waals surface area contributed by atoms with Crippen LogP contribution in [-0.4, -0.2) is 51.9 Å². The Labute approximate surface area is 125 Å². The highest BCUT2D eigenvalue weighted by atomic mass is 79.9. The quantitative estimate of drug-likeness (QED) is 0.786. The van der Waals surface area contributed by atoms with Gasteiger partial charge in [-0.2, -0.15) is 0 Å². The molecular weight excluding hydrogens is 322 g/mol. The van der Waals surface area contributed by atoms with Gasteiger partial charge < -0.3 is 9.64 Å². The fraction of sp³-hybridized carbons (Fsp3) is 0.357. The molecule has 20 heavy (non-hydrogen) atoms. The van der Waals surface area contributed by atoms with Gasteiger partial charge in [-0.25, -0.2) is 0 Å². The first-order valence-corrected chi connectivity index (χ1v) is 7.57. The lowest BCUT2D eigenvalue weighted by Crippen LogP contribution is -2.49. The molecule has 0 radical (unpaired) electrons. The maximum atomic E-state index is 12.6. The van der Waals surface area contributed by atoms with Crippen molar-refractivity contribution in [3.63, 3.8) is 0 Å². The highest BCUT2D eigenvalue weighted by molar-refractivity contribution is 9.09. The van der Waals surface area contributed by atoms with E-state index in [9.17, 15) is 4.79 Å². The molecule has 0 saturated carbocycles. The SMILES string of the molecule is O=C(c1ccc2nccnc2c1)N1CCOCC1CBr. The van der Waals surface area contributed by atoms with Gasteiger partial charge in [0.05, 0.1) is 30.3 Å². The molecule has 1 amide bonds. The summed E-state index contributed by atoms with van der Waals surface area (Å²) in [6.07, 6.45) is 3.28. The summed E-state index contributed by atoms with van der Waals surface area (Å²) in [6.45, 7) is 1.78. The van der Waals surface area contributed by atoms with Crippen LogP contribution in [0.25, 0.3) is 11.0 Å². The van der Waals surface area contributed by atoms with E-state index in [2.05, 4.69) is 25.9 Å². The third-order valence-electron chi connectivity index (χ3n) is 3.38. The molecule has 0 aliphatic carbocycles. The molecule has 1 aliphatic rings. The number of hydrogen-bond donors (Lipinski definition) is 0. The molecule has 2 aromatic rings. The standard InChI is InChI=1S/C14H14BrN3O2/c15-8-11-9-20-6-5-18(11)14(19)10-1-2-12-13(7-10)17-4-3-16-12/h1-4,7,11H,5-6,8-9H2. The van der Waals surface area contributed by atoms with E-state index in [1.54, 1.807) is 24.5 Å². The molecule has 1 fully saturated rings. The Hall–Kier alpha value is -1.53. The van der Waals surface area contributed by atoms with Gasteiger partial charge >= 0.3 is 0 Å². The average molecular weight is 336 g/mol. The molecule has 1 saturated heterocycles. The summed E-state index contributed by atoms with van der Waals surface area (Å²) < 4.78 is 5.41. The van der Waals surface area contributed by atoms with Crippen molar-refractivity contribution in [3.8, 4) is 0 Å². The maximum absolute atomic E-state index is 12.6. The molecule has 5 nitrogen and oxygen atoms in total. The fourth-order valence-corrected chi connectivity index (χ4v) is 2.85. The molecule has 3 rings (SSSR count). The van der Waals surface area contributed by atoms with Gasteiger partial charge in [0, 0.05) is 29.8 Å². The number of benzene rings is 1. The van der Waals surface area contributed by atoms with E-state index in [1.807, 2.05) is 11.0 Å². The number of fused-ring (bicyclic) bond motifs is 1. The largest absolute Gasteiger partial charge is 0.377 e. The Balaban J connectivity index is 1.91. The van der Waals surface area contributed by atoms with Crippen LogP contribution in [0.3, 0.4) is 0 Å². The van der Waals surface area contributed by atoms with Gasteiger partial charge in [-0.05, 0) is 18.2 Å². The molecule has 104 valence electrons. The van der Waals surface area contributed by atoms with Crippen molar-refractivity contribution >= 4 is 32.9 Å². The average Bonchev–Trinajstić information content (AvgIpc) is 2.53. The molecule has 1 aromatic carbocycles. The Morgan fingerprint density at radius 2 is 2.15 bits per heavy atom. The van der Waals surface area contributed by atoms with E-state index in [1.165, 1.54) is 0 Å². The summed E-state index contributed by atoms with van der Waals surface area (Å²) in [4.78, 5) is 22.9. The van der Waals surface area contributed by atoms with Gasteiger partial charge in [0.15, 0.2) is 0 Å².